The van der Waals surface area contributed by atoms with Crippen molar-refractivity contribution in [2.75, 3.05) is 10.6 Å². The predicted molar refractivity (Wildman–Crippen MR) is 125 cm³/mol. The summed E-state index contributed by atoms with van der Waals surface area (Å²) in [6, 6.07) is 13.5. The molecule has 1 aliphatic rings. The van der Waals surface area contributed by atoms with Crippen molar-refractivity contribution < 1.29 is 23.9 Å². The second-order valence-electron chi connectivity index (χ2n) is 9.05. The number of carbonyl (C=O) groups is 4. The first-order chi connectivity index (χ1) is 15.5. The van der Waals surface area contributed by atoms with E-state index >= 15 is 0 Å². The molecule has 8 nitrogen and oxygen atoms in total. The van der Waals surface area contributed by atoms with Crippen molar-refractivity contribution in [1.29, 1.82) is 0 Å². The summed E-state index contributed by atoms with van der Waals surface area (Å²) < 4.78 is 5.21. The Kier molecular flexibility index (Phi) is 6.86. The van der Waals surface area contributed by atoms with Gasteiger partial charge in [-0.15, -0.1) is 0 Å². The van der Waals surface area contributed by atoms with E-state index in [0.717, 1.165) is 5.56 Å². The molecule has 0 aromatic heterocycles. The van der Waals surface area contributed by atoms with E-state index in [0.29, 0.717) is 36.2 Å². The molecule has 4 amide bonds. The predicted octanol–water partition coefficient (Wildman–Crippen LogP) is 4.37. The zero-order chi connectivity index (χ0) is 24.2. The summed E-state index contributed by atoms with van der Waals surface area (Å²) >= 11 is 0. The molecule has 1 aliphatic heterocycles. The van der Waals surface area contributed by atoms with Crippen molar-refractivity contribution in [3.63, 3.8) is 0 Å². The van der Waals surface area contributed by atoms with Gasteiger partial charge in [0.25, 0.3) is 5.91 Å². The number of carbonyl (C=O) groups excluding carboxylic acids is 4. The van der Waals surface area contributed by atoms with Crippen LogP contribution in [0.25, 0.3) is 0 Å². The topological polar surface area (TPSA) is 114 Å². The van der Waals surface area contributed by atoms with E-state index in [1.807, 2.05) is 19.1 Å². The van der Waals surface area contributed by atoms with Crippen LogP contribution in [0.3, 0.4) is 0 Å². The van der Waals surface area contributed by atoms with Gasteiger partial charge in [0, 0.05) is 23.4 Å². The van der Waals surface area contributed by atoms with E-state index in [4.69, 9.17) is 4.74 Å². The normalized spacial score (nSPS) is 18.3. The van der Waals surface area contributed by atoms with Gasteiger partial charge in [-0.2, -0.15) is 0 Å². The Bertz CT molecular complexity index is 1050. The minimum atomic E-state index is -0.743. The lowest BCUT2D eigenvalue weighted by Gasteiger charge is -2.35. The lowest BCUT2D eigenvalue weighted by atomic mass is 9.72. The van der Waals surface area contributed by atoms with Crippen LogP contribution in [0.2, 0.25) is 0 Å². The summed E-state index contributed by atoms with van der Waals surface area (Å²) in [5, 5.41) is 7.88. The van der Waals surface area contributed by atoms with Crippen molar-refractivity contribution in [3.8, 4) is 0 Å². The van der Waals surface area contributed by atoms with Gasteiger partial charge in [-0.3, -0.25) is 25.0 Å². The van der Waals surface area contributed by atoms with Gasteiger partial charge in [0.15, 0.2) is 0 Å². The fraction of sp³-hybridized carbons (Fsp3) is 0.360. The highest BCUT2D eigenvalue weighted by atomic mass is 16.6. The first kappa shape index (κ1) is 24.0. The Labute approximate surface area is 193 Å². The third kappa shape index (κ3) is 5.77. The van der Waals surface area contributed by atoms with E-state index in [9.17, 15) is 19.2 Å². The van der Waals surface area contributed by atoms with Crippen LogP contribution in [0.15, 0.2) is 48.5 Å². The second kappa shape index (κ2) is 9.44. The number of hydrogen-bond donors (Lipinski definition) is 3. The molecule has 0 saturated carbocycles. The minimum Gasteiger partial charge on any atom is -0.444 e. The summed E-state index contributed by atoms with van der Waals surface area (Å²) in [7, 11) is 0. The van der Waals surface area contributed by atoms with Gasteiger partial charge in [-0.1, -0.05) is 19.1 Å². The Morgan fingerprint density at radius 3 is 2.09 bits per heavy atom. The van der Waals surface area contributed by atoms with E-state index in [-0.39, 0.29) is 17.7 Å². The second-order valence-corrected chi connectivity index (χ2v) is 9.05. The average molecular weight is 452 g/mol. The Morgan fingerprint density at radius 2 is 1.55 bits per heavy atom. The Hall–Kier alpha value is -3.68. The molecule has 174 valence electrons. The zero-order valence-electron chi connectivity index (χ0n) is 19.3. The smallest absolute Gasteiger partial charge is 0.412 e. The minimum absolute atomic E-state index is 0.250. The summed E-state index contributed by atoms with van der Waals surface area (Å²) in [6.07, 6.45) is 0.766. The summed E-state index contributed by atoms with van der Waals surface area (Å²) in [4.78, 5) is 48.5. The van der Waals surface area contributed by atoms with Gasteiger partial charge in [0.05, 0.1) is 5.41 Å². The highest BCUT2D eigenvalue weighted by Gasteiger charge is 2.42. The molecule has 3 N–H and O–H groups in total. The molecule has 1 unspecified atom stereocenters. The van der Waals surface area contributed by atoms with Crippen LogP contribution in [0.4, 0.5) is 16.2 Å². The number of nitrogens with one attached hydrogen (secondary N) is 3. The van der Waals surface area contributed by atoms with Crippen LogP contribution in [-0.4, -0.2) is 29.4 Å². The van der Waals surface area contributed by atoms with Crippen LogP contribution in [0, 0.1) is 0 Å². The molecule has 2 aromatic carbocycles. The lowest BCUT2D eigenvalue weighted by molar-refractivity contribution is -0.138. The Balaban J connectivity index is 1.64. The van der Waals surface area contributed by atoms with E-state index < -0.39 is 17.1 Å². The third-order valence-corrected chi connectivity index (χ3v) is 5.56. The molecule has 1 saturated heterocycles. The molecule has 0 bridgehead atoms. The summed E-state index contributed by atoms with van der Waals surface area (Å²) in [5.74, 6) is -0.837. The fourth-order valence-electron chi connectivity index (χ4n) is 3.77. The van der Waals surface area contributed by atoms with Crippen molar-refractivity contribution in [3.05, 3.63) is 59.7 Å². The number of rotatable bonds is 5. The molecular weight excluding hydrogens is 422 g/mol. The first-order valence-corrected chi connectivity index (χ1v) is 10.9. The summed E-state index contributed by atoms with van der Waals surface area (Å²) in [6.45, 7) is 7.25. The quantitative estimate of drug-likeness (QED) is 0.584. The molecule has 1 fully saturated rings. The van der Waals surface area contributed by atoms with Crippen LogP contribution in [-0.2, 0) is 19.7 Å². The highest BCUT2D eigenvalue weighted by molar-refractivity contribution is 6.05. The van der Waals surface area contributed by atoms with Crippen molar-refractivity contribution in [2.45, 2.75) is 58.0 Å². The monoisotopic (exact) mass is 451 g/mol. The number of benzene rings is 2. The summed E-state index contributed by atoms with van der Waals surface area (Å²) in [5.41, 5.74) is 0.981. The lowest BCUT2D eigenvalue weighted by Crippen LogP contribution is -2.51. The molecule has 0 spiro atoms. The molecule has 33 heavy (non-hydrogen) atoms. The fourth-order valence-corrected chi connectivity index (χ4v) is 3.77. The zero-order valence-corrected chi connectivity index (χ0v) is 19.3. The van der Waals surface area contributed by atoms with E-state index in [1.54, 1.807) is 57.2 Å². The van der Waals surface area contributed by atoms with E-state index in [2.05, 4.69) is 16.0 Å². The molecule has 8 heteroatoms. The van der Waals surface area contributed by atoms with Gasteiger partial charge in [-0.05, 0) is 75.6 Å². The maximum absolute atomic E-state index is 12.6. The first-order valence-electron chi connectivity index (χ1n) is 10.9. The van der Waals surface area contributed by atoms with Crippen molar-refractivity contribution >= 4 is 35.2 Å². The van der Waals surface area contributed by atoms with Crippen LogP contribution in [0.5, 0.6) is 0 Å². The van der Waals surface area contributed by atoms with Crippen LogP contribution < -0.4 is 16.0 Å². The van der Waals surface area contributed by atoms with Gasteiger partial charge < -0.3 is 10.1 Å². The molecular formula is C25H29N3O5. The maximum atomic E-state index is 12.6. The molecule has 0 radical (unpaired) electrons. The van der Waals surface area contributed by atoms with Crippen LogP contribution in [0.1, 0.15) is 62.9 Å². The number of piperidine rings is 1. The Morgan fingerprint density at radius 1 is 0.970 bits per heavy atom. The number of imide groups is 1. The largest absolute Gasteiger partial charge is 0.444 e. The van der Waals surface area contributed by atoms with Gasteiger partial charge in [0.1, 0.15) is 5.60 Å². The number of ether oxygens (including phenoxy) is 1. The van der Waals surface area contributed by atoms with Gasteiger partial charge in [0.2, 0.25) is 11.8 Å². The molecule has 1 heterocycles. The van der Waals surface area contributed by atoms with Gasteiger partial charge in [-0.25, -0.2) is 4.79 Å². The van der Waals surface area contributed by atoms with Gasteiger partial charge >= 0.3 is 6.09 Å². The number of anilines is 2. The maximum Gasteiger partial charge on any atom is 0.412 e. The molecule has 0 aliphatic carbocycles. The van der Waals surface area contributed by atoms with E-state index in [1.165, 1.54) is 0 Å². The van der Waals surface area contributed by atoms with Crippen molar-refractivity contribution in [2.24, 2.45) is 0 Å². The molecule has 3 rings (SSSR count). The van der Waals surface area contributed by atoms with Crippen molar-refractivity contribution in [1.82, 2.24) is 5.32 Å². The standard InChI is InChI=1S/C25H29N3O5/c1-5-25(15-14-20(29)28-22(25)31)17-8-12-18(13-9-17)26-21(30)16-6-10-19(11-7-16)27-23(32)33-24(2,3)4/h6-13H,5,14-15H2,1-4H3,(H,26,30)(H,27,32)(H,28,29,31). The number of hydrogen-bond acceptors (Lipinski definition) is 5. The van der Waals surface area contributed by atoms with Crippen LogP contribution >= 0.6 is 0 Å². The SMILES string of the molecule is CCC1(c2ccc(NC(=O)c3ccc(NC(=O)OC(C)(C)C)cc3)cc2)CCC(=O)NC1=O. The molecule has 2 aromatic rings. The molecule has 1 atom stereocenters. The highest BCUT2D eigenvalue weighted by Crippen LogP contribution is 2.36. The third-order valence-electron chi connectivity index (χ3n) is 5.56. The average Bonchev–Trinajstić information content (AvgIpc) is 2.74. The number of amides is 4.